The third-order valence-electron chi connectivity index (χ3n) is 1.47. The number of oxazole rings is 1. The Morgan fingerprint density at radius 2 is 2.40 bits per heavy atom. The molecule has 10 heavy (non-hydrogen) atoms. The molecule has 1 aliphatic heterocycles. The van der Waals surface area contributed by atoms with Gasteiger partial charge in [0.25, 0.3) is 5.35 Å². The minimum Gasteiger partial charge on any atom is -0.430 e. The molecule has 2 heterocycles. The Bertz CT molecular complexity index is 222. The Hall–Kier alpha value is -0.540. The van der Waals surface area contributed by atoms with Crippen LogP contribution in [0.2, 0.25) is 5.35 Å². The lowest BCUT2D eigenvalue weighted by Gasteiger charge is -2.07. The first-order valence-corrected chi connectivity index (χ1v) is 3.46. The third kappa shape index (κ3) is 0.914. The summed E-state index contributed by atoms with van der Waals surface area (Å²) in [4.78, 5) is 3.97. The van der Waals surface area contributed by atoms with Crippen LogP contribution in [0.4, 0.5) is 0 Å². The van der Waals surface area contributed by atoms with E-state index in [0.717, 1.165) is 24.5 Å². The van der Waals surface area contributed by atoms with Gasteiger partial charge < -0.3 is 9.15 Å². The quantitative estimate of drug-likeness (QED) is 0.574. The zero-order valence-electron chi connectivity index (χ0n) is 5.26. The van der Waals surface area contributed by atoms with Gasteiger partial charge in [0.05, 0.1) is 12.3 Å². The van der Waals surface area contributed by atoms with Crippen LogP contribution in [0, 0.1) is 0 Å². The molecule has 0 amide bonds. The van der Waals surface area contributed by atoms with Gasteiger partial charge in [0, 0.05) is 6.42 Å². The Balaban J connectivity index is 2.41. The van der Waals surface area contributed by atoms with Crippen LogP contribution in [0.1, 0.15) is 11.5 Å². The minimum atomic E-state index is 0.218. The second-order valence-corrected chi connectivity index (χ2v) is 2.46. The predicted molar refractivity (Wildman–Crippen MR) is 34.9 cm³/mol. The van der Waals surface area contributed by atoms with E-state index in [9.17, 15) is 0 Å². The highest BCUT2D eigenvalue weighted by molar-refractivity contribution is 6.27. The second kappa shape index (κ2) is 2.25. The molecule has 4 heteroatoms. The Morgan fingerprint density at radius 1 is 1.50 bits per heavy atom. The molecule has 54 valence electrons. The smallest absolute Gasteiger partial charge is 0.292 e. The van der Waals surface area contributed by atoms with E-state index in [0.29, 0.717) is 6.61 Å². The summed E-state index contributed by atoms with van der Waals surface area (Å²) in [5.74, 6) is 0.774. The largest absolute Gasteiger partial charge is 0.430 e. The van der Waals surface area contributed by atoms with Gasteiger partial charge in [-0.3, -0.25) is 0 Å². The van der Waals surface area contributed by atoms with Gasteiger partial charge in [-0.25, -0.2) is 4.98 Å². The van der Waals surface area contributed by atoms with Gasteiger partial charge in [-0.05, 0) is 11.6 Å². The maximum Gasteiger partial charge on any atom is 0.292 e. The van der Waals surface area contributed by atoms with Crippen molar-refractivity contribution in [1.29, 1.82) is 0 Å². The SMILES string of the molecule is Clc1nc2c(o1)COCC2. The first kappa shape index (κ1) is 6.19. The highest BCUT2D eigenvalue weighted by Crippen LogP contribution is 2.19. The average molecular weight is 160 g/mol. The number of hydrogen-bond donors (Lipinski definition) is 0. The van der Waals surface area contributed by atoms with Crippen LogP contribution in [0.15, 0.2) is 4.42 Å². The van der Waals surface area contributed by atoms with E-state index in [-0.39, 0.29) is 5.35 Å². The van der Waals surface area contributed by atoms with E-state index in [4.69, 9.17) is 20.8 Å². The molecule has 0 fully saturated rings. The van der Waals surface area contributed by atoms with Crippen molar-refractivity contribution >= 4 is 11.6 Å². The standard InChI is InChI=1S/C6H6ClNO2/c7-6-8-4-1-2-9-3-5(4)10-6/h1-3H2. The summed E-state index contributed by atoms with van der Waals surface area (Å²) < 4.78 is 10.2. The number of aromatic nitrogens is 1. The van der Waals surface area contributed by atoms with E-state index in [1.165, 1.54) is 0 Å². The highest BCUT2D eigenvalue weighted by atomic mass is 35.5. The molecule has 0 unspecified atom stereocenters. The van der Waals surface area contributed by atoms with Crippen molar-refractivity contribution in [2.45, 2.75) is 13.0 Å². The summed E-state index contributed by atoms with van der Waals surface area (Å²) in [5.41, 5.74) is 0.941. The van der Waals surface area contributed by atoms with Crippen LogP contribution >= 0.6 is 11.6 Å². The molecule has 0 radical (unpaired) electrons. The van der Waals surface area contributed by atoms with E-state index >= 15 is 0 Å². The lowest BCUT2D eigenvalue weighted by atomic mass is 10.2. The normalized spacial score (nSPS) is 16.9. The molecule has 0 saturated carbocycles. The molecule has 0 bridgehead atoms. The van der Waals surface area contributed by atoms with Crippen molar-refractivity contribution in [2.24, 2.45) is 0 Å². The van der Waals surface area contributed by atoms with Crippen LogP contribution in [-0.2, 0) is 17.8 Å². The second-order valence-electron chi connectivity index (χ2n) is 2.14. The predicted octanol–water partition coefficient (Wildman–Crippen LogP) is 1.40. The van der Waals surface area contributed by atoms with E-state index in [1.807, 2.05) is 0 Å². The van der Waals surface area contributed by atoms with Crippen LogP contribution in [0.5, 0.6) is 0 Å². The van der Waals surface area contributed by atoms with Gasteiger partial charge in [0.1, 0.15) is 6.61 Å². The molecule has 0 aliphatic carbocycles. The number of fused-ring (bicyclic) bond motifs is 1. The molecule has 1 aliphatic rings. The molecule has 1 aromatic rings. The van der Waals surface area contributed by atoms with Gasteiger partial charge in [-0.1, -0.05) is 0 Å². The van der Waals surface area contributed by atoms with Crippen LogP contribution < -0.4 is 0 Å². The number of rotatable bonds is 0. The maximum absolute atomic E-state index is 5.52. The first-order valence-electron chi connectivity index (χ1n) is 3.08. The lowest BCUT2D eigenvalue weighted by Crippen LogP contribution is -2.07. The van der Waals surface area contributed by atoms with Crippen LogP contribution in [-0.4, -0.2) is 11.6 Å². The fraction of sp³-hybridized carbons (Fsp3) is 0.500. The number of nitrogens with zero attached hydrogens (tertiary/aromatic N) is 1. The molecular weight excluding hydrogens is 154 g/mol. The topological polar surface area (TPSA) is 35.3 Å². The van der Waals surface area contributed by atoms with E-state index < -0.39 is 0 Å². The van der Waals surface area contributed by atoms with Crippen molar-refractivity contribution < 1.29 is 9.15 Å². The number of ether oxygens (including phenoxy) is 1. The summed E-state index contributed by atoms with van der Waals surface area (Å²) in [6.45, 7) is 1.23. The summed E-state index contributed by atoms with van der Waals surface area (Å²) in [6, 6.07) is 0. The molecule has 3 nitrogen and oxygen atoms in total. The van der Waals surface area contributed by atoms with Crippen LogP contribution in [0.25, 0.3) is 0 Å². The monoisotopic (exact) mass is 159 g/mol. The molecule has 1 aromatic heterocycles. The maximum atomic E-state index is 5.52. The lowest BCUT2D eigenvalue weighted by molar-refractivity contribution is 0.0936. The van der Waals surface area contributed by atoms with Gasteiger partial charge in [-0.2, -0.15) is 0 Å². The molecule has 0 saturated heterocycles. The number of hydrogen-bond acceptors (Lipinski definition) is 3. The van der Waals surface area contributed by atoms with Crippen molar-refractivity contribution in [2.75, 3.05) is 6.61 Å². The first-order chi connectivity index (χ1) is 4.86. The van der Waals surface area contributed by atoms with Crippen molar-refractivity contribution in [3.8, 4) is 0 Å². The fourth-order valence-electron chi connectivity index (χ4n) is 0.994. The summed E-state index contributed by atoms with van der Waals surface area (Å²) >= 11 is 5.52. The average Bonchev–Trinajstić information content (AvgIpc) is 2.27. The Kier molecular flexibility index (Phi) is 1.39. The molecular formula is C6H6ClNO2. The zero-order valence-corrected chi connectivity index (χ0v) is 6.02. The molecule has 0 aromatic carbocycles. The number of halogens is 1. The molecule has 0 atom stereocenters. The minimum absolute atomic E-state index is 0.218. The van der Waals surface area contributed by atoms with Crippen molar-refractivity contribution in [1.82, 2.24) is 4.98 Å². The summed E-state index contributed by atoms with van der Waals surface area (Å²) in [6.07, 6.45) is 0.811. The highest BCUT2D eigenvalue weighted by Gasteiger charge is 2.15. The van der Waals surface area contributed by atoms with E-state index in [2.05, 4.69) is 4.98 Å². The van der Waals surface area contributed by atoms with Crippen molar-refractivity contribution in [3.63, 3.8) is 0 Å². The molecule has 0 spiro atoms. The molecule has 0 N–H and O–H groups in total. The van der Waals surface area contributed by atoms with Gasteiger partial charge in [-0.15, -0.1) is 0 Å². The van der Waals surface area contributed by atoms with Gasteiger partial charge in [0.2, 0.25) is 0 Å². The van der Waals surface area contributed by atoms with Gasteiger partial charge in [0.15, 0.2) is 5.76 Å². The van der Waals surface area contributed by atoms with Crippen LogP contribution in [0.3, 0.4) is 0 Å². The van der Waals surface area contributed by atoms with Gasteiger partial charge >= 0.3 is 0 Å². The fourth-order valence-corrected chi connectivity index (χ4v) is 1.19. The van der Waals surface area contributed by atoms with E-state index in [1.54, 1.807) is 0 Å². The molecule has 2 rings (SSSR count). The Morgan fingerprint density at radius 3 is 3.20 bits per heavy atom. The van der Waals surface area contributed by atoms with Crippen molar-refractivity contribution in [3.05, 3.63) is 16.8 Å². The zero-order chi connectivity index (χ0) is 6.97. The Labute approximate surface area is 63.0 Å². The summed E-state index contributed by atoms with van der Waals surface area (Å²) in [7, 11) is 0. The summed E-state index contributed by atoms with van der Waals surface area (Å²) in [5, 5.41) is 0.218. The third-order valence-corrected chi connectivity index (χ3v) is 1.63.